The van der Waals surface area contributed by atoms with Crippen molar-refractivity contribution in [2.24, 2.45) is 0 Å². The van der Waals surface area contributed by atoms with Crippen LogP contribution < -0.4 is 10.2 Å². The number of para-hydroxylation sites is 1. The molecule has 1 N–H and O–H groups in total. The molecular weight excluding hydrogens is 354 g/mol. The molecule has 2 atom stereocenters. The lowest BCUT2D eigenvalue weighted by atomic mass is 9.71. The van der Waals surface area contributed by atoms with Gasteiger partial charge in [0.15, 0.2) is 0 Å². The number of nitrogens with one attached hydrogen (secondary N) is 1. The third kappa shape index (κ3) is 2.93. The molecule has 0 saturated carbocycles. The number of piperidine rings is 1. The molecule has 2 aliphatic heterocycles. The summed E-state index contributed by atoms with van der Waals surface area (Å²) in [6.07, 6.45) is 9.39. The molecule has 0 radical (unpaired) electrons. The summed E-state index contributed by atoms with van der Waals surface area (Å²) >= 11 is 0. The van der Waals surface area contributed by atoms with Gasteiger partial charge < -0.3 is 4.90 Å². The zero-order chi connectivity index (χ0) is 19.3. The number of likely N-dealkylation sites (tertiary alicyclic amines) is 1. The Morgan fingerprint density at radius 2 is 1.76 bits per heavy atom. The van der Waals surface area contributed by atoms with E-state index in [0.717, 1.165) is 19.1 Å². The first-order valence-electron chi connectivity index (χ1n) is 11.7. The Bertz CT molecular complexity index is 869. The number of rotatable bonds is 2. The molecule has 29 heavy (non-hydrogen) atoms. The Balaban J connectivity index is 1.23. The molecule has 3 heteroatoms. The average Bonchev–Trinajstić information content (AvgIpc) is 3.19. The average molecular weight is 388 g/mol. The van der Waals surface area contributed by atoms with E-state index in [2.05, 4.69) is 63.6 Å². The van der Waals surface area contributed by atoms with Crippen LogP contribution in [0.25, 0.3) is 0 Å². The highest BCUT2D eigenvalue weighted by atomic mass is 15.4. The van der Waals surface area contributed by atoms with Crippen molar-refractivity contribution in [3.05, 3.63) is 65.2 Å². The third-order valence-electron chi connectivity index (χ3n) is 8.32. The minimum absolute atomic E-state index is 0.297. The summed E-state index contributed by atoms with van der Waals surface area (Å²) in [6, 6.07) is 18.9. The molecule has 2 aromatic carbocycles. The number of hydrogen-bond acceptors (Lipinski definition) is 3. The molecule has 2 aromatic rings. The first-order valence-corrected chi connectivity index (χ1v) is 11.7. The Morgan fingerprint density at radius 1 is 0.897 bits per heavy atom. The predicted molar refractivity (Wildman–Crippen MR) is 119 cm³/mol. The Labute approximate surface area is 175 Å². The Kier molecular flexibility index (Phi) is 4.42. The van der Waals surface area contributed by atoms with Gasteiger partial charge in [-0.1, -0.05) is 36.4 Å². The molecule has 2 saturated heterocycles. The zero-order valence-corrected chi connectivity index (χ0v) is 17.4. The largest absolute Gasteiger partial charge is 0.352 e. The van der Waals surface area contributed by atoms with Crippen molar-refractivity contribution in [2.75, 3.05) is 31.2 Å². The van der Waals surface area contributed by atoms with Crippen molar-refractivity contribution in [1.82, 2.24) is 10.2 Å². The zero-order valence-electron chi connectivity index (χ0n) is 17.4. The highest BCUT2D eigenvalue weighted by Gasteiger charge is 2.45. The molecule has 3 nitrogen and oxygen atoms in total. The second-order valence-electron chi connectivity index (χ2n) is 9.71. The van der Waals surface area contributed by atoms with E-state index in [0.29, 0.717) is 11.6 Å². The van der Waals surface area contributed by atoms with Crippen LogP contribution in [0.3, 0.4) is 0 Å². The standard InChI is InChI=1S/C26H33N3/c1-2-9-22(10-3-1)29-19-27-18-26(29)14-16-28(17-15-26)24-13-12-21-7-4-6-20-8-5-11-23(24)25(20)21/h1-3,5,8-11,21,24,27H,4,6-7,12-19H2/t21-,24?/m0/s1. The summed E-state index contributed by atoms with van der Waals surface area (Å²) in [7, 11) is 0. The highest BCUT2D eigenvalue weighted by molar-refractivity contribution is 5.51. The predicted octanol–water partition coefficient (Wildman–Crippen LogP) is 4.84. The van der Waals surface area contributed by atoms with Crippen molar-refractivity contribution in [3.8, 4) is 0 Å². The van der Waals surface area contributed by atoms with Crippen molar-refractivity contribution in [3.63, 3.8) is 0 Å². The molecule has 2 heterocycles. The smallest absolute Gasteiger partial charge is 0.0689 e. The van der Waals surface area contributed by atoms with E-state index >= 15 is 0 Å². The maximum absolute atomic E-state index is 3.68. The summed E-state index contributed by atoms with van der Waals surface area (Å²) in [5.74, 6) is 0.843. The molecule has 0 bridgehead atoms. The van der Waals surface area contributed by atoms with Gasteiger partial charge in [0.25, 0.3) is 0 Å². The summed E-state index contributed by atoms with van der Waals surface area (Å²) in [6.45, 7) is 4.57. The van der Waals surface area contributed by atoms with Gasteiger partial charge in [-0.3, -0.25) is 10.2 Å². The van der Waals surface area contributed by atoms with Gasteiger partial charge in [-0.2, -0.15) is 0 Å². The molecule has 152 valence electrons. The van der Waals surface area contributed by atoms with Crippen LogP contribution in [0.5, 0.6) is 0 Å². The maximum Gasteiger partial charge on any atom is 0.0689 e. The number of nitrogens with zero attached hydrogens (tertiary/aromatic N) is 2. The van der Waals surface area contributed by atoms with Gasteiger partial charge in [0.2, 0.25) is 0 Å². The molecule has 1 spiro atoms. The van der Waals surface area contributed by atoms with Gasteiger partial charge in [-0.25, -0.2) is 0 Å². The number of anilines is 1. The van der Waals surface area contributed by atoms with Crippen LogP contribution in [-0.4, -0.2) is 36.7 Å². The van der Waals surface area contributed by atoms with Crippen molar-refractivity contribution >= 4 is 5.69 Å². The highest BCUT2D eigenvalue weighted by Crippen LogP contribution is 2.48. The molecule has 2 fully saturated rings. The summed E-state index contributed by atoms with van der Waals surface area (Å²) in [4.78, 5) is 5.47. The minimum Gasteiger partial charge on any atom is -0.352 e. The molecule has 0 aromatic heterocycles. The van der Waals surface area contributed by atoms with E-state index in [1.165, 1.54) is 63.7 Å². The van der Waals surface area contributed by atoms with Gasteiger partial charge >= 0.3 is 0 Å². The summed E-state index contributed by atoms with van der Waals surface area (Å²) < 4.78 is 0. The first kappa shape index (κ1) is 18.0. The first-order chi connectivity index (χ1) is 14.3. The molecule has 1 unspecified atom stereocenters. The fourth-order valence-electron chi connectivity index (χ4n) is 6.84. The second kappa shape index (κ2) is 7.14. The molecule has 0 amide bonds. The van der Waals surface area contributed by atoms with Crippen LogP contribution in [0.1, 0.15) is 67.2 Å². The van der Waals surface area contributed by atoms with Crippen molar-refractivity contribution in [2.45, 2.75) is 62.4 Å². The van der Waals surface area contributed by atoms with E-state index in [1.807, 2.05) is 0 Å². The summed E-state index contributed by atoms with van der Waals surface area (Å²) in [5, 5.41) is 3.68. The topological polar surface area (TPSA) is 18.5 Å². The van der Waals surface area contributed by atoms with Gasteiger partial charge in [0, 0.05) is 31.4 Å². The van der Waals surface area contributed by atoms with Crippen LogP contribution in [-0.2, 0) is 6.42 Å². The van der Waals surface area contributed by atoms with E-state index in [9.17, 15) is 0 Å². The molecule has 6 rings (SSSR count). The van der Waals surface area contributed by atoms with Gasteiger partial charge in [-0.05, 0) is 79.7 Å². The summed E-state index contributed by atoms with van der Waals surface area (Å²) in [5.41, 5.74) is 6.77. The van der Waals surface area contributed by atoms with E-state index in [1.54, 1.807) is 16.7 Å². The Morgan fingerprint density at radius 3 is 2.62 bits per heavy atom. The number of hydrogen-bond donors (Lipinski definition) is 1. The van der Waals surface area contributed by atoms with Crippen LogP contribution in [0.4, 0.5) is 5.69 Å². The van der Waals surface area contributed by atoms with E-state index in [4.69, 9.17) is 0 Å². The van der Waals surface area contributed by atoms with Crippen LogP contribution in [0.15, 0.2) is 48.5 Å². The maximum atomic E-state index is 3.68. The minimum atomic E-state index is 0.297. The van der Waals surface area contributed by atoms with Gasteiger partial charge in [0.05, 0.1) is 12.2 Å². The fourth-order valence-corrected chi connectivity index (χ4v) is 6.84. The third-order valence-corrected chi connectivity index (χ3v) is 8.32. The lowest BCUT2D eigenvalue weighted by molar-refractivity contribution is 0.108. The van der Waals surface area contributed by atoms with Crippen LogP contribution >= 0.6 is 0 Å². The molecular formula is C26H33N3. The SMILES string of the molecule is c1ccc(N2CNCC23CCN(C2CC[C@@H]4CCCc5cccc2c54)CC3)cc1. The normalized spacial score (nSPS) is 28.5. The molecule has 4 aliphatic rings. The lowest BCUT2D eigenvalue weighted by Gasteiger charge is -2.49. The molecule has 2 aliphatic carbocycles. The van der Waals surface area contributed by atoms with Crippen LogP contribution in [0, 0.1) is 0 Å². The van der Waals surface area contributed by atoms with E-state index in [-0.39, 0.29) is 0 Å². The Hall–Kier alpha value is -1.84. The fraction of sp³-hybridized carbons (Fsp3) is 0.538. The van der Waals surface area contributed by atoms with Gasteiger partial charge in [-0.15, -0.1) is 0 Å². The number of aryl methyl sites for hydroxylation is 1. The van der Waals surface area contributed by atoms with Gasteiger partial charge in [0.1, 0.15) is 0 Å². The monoisotopic (exact) mass is 387 g/mol. The van der Waals surface area contributed by atoms with E-state index < -0.39 is 0 Å². The number of benzene rings is 2. The van der Waals surface area contributed by atoms with Crippen LogP contribution in [0.2, 0.25) is 0 Å². The quantitative estimate of drug-likeness (QED) is 0.795. The lowest BCUT2D eigenvalue weighted by Crippen LogP contribution is -2.54. The van der Waals surface area contributed by atoms with Crippen molar-refractivity contribution in [1.29, 1.82) is 0 Å². The second-order valence-corrected chi connectivity index (χ2v) is 9.71. The van der Waals surface area contributed by atoms with Crippen molar-refractivity contribution < 1.29 is 0 Å².